The smallest absolute Gasteiger partial charge is 0.256 e. The zero-order chi connectivity index (χ0) is 12.3. The summed E-state index contributed by atoms with van der Waals surface area (Å²) in [6, 6.07) is 1.62. The van der Waals surface area contributed by atoms with Crippen LogP contribution in [-0.2, 0) is 4.74 Å². The van der Waals surface area contributed by atoms with Gasteiger partial charge >= 0.3 is 0 Å². The highest BCUT2D eigenvalue weighted by atomic mass is 16.5. The third-order valence-corrected chi connectivity index (χ3v) is 3.07. The van der Waals surface area contributed by atoms with Gasteiger partial charge in [0.15, 0.2) is 0 Å². The fourth-order valence-corrected chi connectivity index (χ4v) is 2.03. The number of furan rings is 1. The summed E-state index contributed by atoms with van der Waals surface area (Å²) in [5.41, 5.74) is -0.324. The molecule has 17 heavy (non-hydrogen) atoms. The average Bonchev–Trinajstić information content (AvgIpc) is 2.81. The van der Waals surface area contributed by atoms with E-state index < -0.39 is 5.60 Å². The van der Waals surface area contributed by atoms with E-state index in [0.29, 0.717) is 38.2 Å². The lowest BCUT2D eigenvalue weighted by Crippen LogP contribution is -2.47. The van der Waals surface area contributed by atoms with Crippen LogP contribution in [0.3, 0.4) is 0 Å². The largest absolute Gasteiger partial charge is 0.472 e. The molecule has 1 aromatic heterocycles. The molecule has 0 atom stereocenters. The molecule has 0 unspecified atom stereocenters. The highest BCUT2D eigenvalue weighted by Gasteiger charge is 2.32. The van der Waals surface area contributed by atoms with Crippen LogP contribution in [0.2, 0.25) is 0 Å². The van der Waals surface area contributed by atoms with Crippen LogP contribution in [0.15, 0.2) is 23.0 Å². The molecule has 2 heterocycles. The van der Waals surface area contributed by atoms with Gasteiger partial charge in [0.1, 0.15) is 6.26 Å². The summed E-state index contributed by atoms with van der Waals surface area (Å²) >= 11 is 0. The van der Waals surface area contributed by atoms with Crippen molar-refractivity contribution in [3.05, 3.63) is 24.2 Å². The van der Waals surface area contributed by atoms with Crippen LogP contribution in [0.25, 0.3) is 0 Å². The van der Waals surface area contributed by atoms with Crippen molar-refractivity contribution in [1.82, 2.24) is 4.90 Å². The van der Waals surface area contributed by atoms with Crippen molar-refractivity contribution in [3.63, 3.8) is 0 Å². The van der Waals surface area contributed by atoms with Crippen molar-refractivity contribution in [2.24, 2.45) is 0 Å². The molecular formula is C12H17NO4. The molecule has 1 aliphatic rings. The minimum atomic E-state index is -0.827. The Morgan fingerprint density at radius 1 is 1.53 bits per heavy atom. The molecule has 2 rings (SSSR count). The summed E-state index contributed by atoms with van der Waals surface area (Å²) in [5, 5.41) is 10.3. The molecule has 0 bridgehead atoms. The summed E-state index contributed by atoms with van der Waals surface area (Å²) in [6.07, 6.45) is 4.00. The van der Waals surface area contributed by atoms with E-state index in [1.165, 1.54) is 17.4 Å². The first kappa shape index (κ1) is 12.1. The second-order valence-electron chi connectivity index (χ2n) is 4.51. The fraction of sp³-hybridized carbons (Fsp3) is 0.583. The molecule has 1 amide bonds. The number of hydrogen-bond acceptors (Lipinski definition) is 4. The number of carbonyl (C=O) groups is 1. The summed E-state index contributed by atoms with van der Waals surface area (Å²) < 4.78 is 10.1. The number of ether oxygens (including phenoxy) is 1. The van der Waals surface area contributed by atoms with E-state index in [9.17, 15) is 9.90 Å². The maximum atomic E-state index is 11.9. The molecule has 0 saturated carbocycles. The second-order valence-corrected chi connectivity index (χ2v) is 4.51. The van der Waals surface area contributed by atoms with Crippen molar-refractivity contribution in [1.29, 1.82) is 0 Å². The molecule has 5 nitrogen and oxygen atoms in total. The number of aliphatic hydroxyl groups is 1. The maximum Gasteiger partial charge on any atom is 0.256 e. The standard InChI is InChI=1S/C12H17NO4/c1-13(11(14)10-2-5-17-8-10)9-12(15)3-6-16-7-4-12/h2,5,8,15H,3-4,6-7,9H2,1H3. The highest BCUT2D eigenvalue weighted by molar-refractivity contribution is 5.93. The lowest BCUT2D eigenvalue weighted by atomic mass is 9.94. The average molecular weight is 239 g/mol. The molecule has 1 aromatic rings. The van der Waals surface area contributed by atoms with Gasteiger partial charge in [-0.05, 0) is 6.07 Å². The van der Waals surface area contributed by atoms with Crippen molar-refractivity contribution in [2.45, 2.75) is 18.4 Å². The summed E-state index contributed by atoms with van der Waals surface area (Å²) in [5.74, 6) is -0.140. The number of hydrogen-bond donors (Lipinski definition) is 1. The van der Waals surface area contributed by atoms with Gasteiger partial charge in [0.25, 0.3) is 5.91 Å². The number of nitrogens with zero attached hydrogens (tertiary/aromatic N) is 1. The first-order valence-corrected chi connectivity index (χ1v) is 5.68. The van der Waals surface area contributed by atoms with Crippen LogP contribution >= 0.6 is 0 Å². The zero-order valence-corrected chi connectivity index (χ0v) is 9.89. The lowest BCUT2D eigenvalue weighted by Gasteiger charge is -2.35. The fourth-order valence-electron chi connectivity index (χ4n) is 2.03. The monoisotopic (exact) mass is 239 g/mol. The molecule has 1 aliphatic heterocycles. The van der Waals surface area contributed by atoms with Gasteiger partial charge in [0, 0.05) is 39.6 Å². The van der Waals surface area contributed by atoms with E-state index in [4.69, 9.17) is 9.15 Å². The Bertz CT molecular complexity index is 368. The molecule has 0 radical (unpaired) electrons. The van der Waals surface area contributed by atoms with Crippen molar-refractivity contribution in [2.75, 3.05) is 26.8 Å². The van der Waals surface area contributed by atoms with Crippen LogP contribution in [-0.4, -0.2) is 48.3 Å². The molecule has 5 heteroatoms. The lowest BCUT2D eigenvalue weighted by molar-refractivity contribution is -0.0734. The van der Waals surface area contributed by atoms with Crippen molar-refractivity contribution in [3.8, 4) is 0 Å². The van der Waals surface area contributed by atoms with E-state index in [1.54, 1.807) is 13.1 Å². The molecule has 1 fully saturated rings. The first-order chi connectivity index (χ1) is 8.11. The van der Waals surface area contributed by atoms with Crippen LogP contribution in [0.5, 0.6) is 0 Å². The normalized spacial score (nSPS) is 18.9. The Morgan fingerprint density at radius 3 is 2.82 bits per heavy atom. The predicted octanol–water partition coefficient (Wildman–Crippen LogP) is 0.893. The van der Waals surface area contributed by atoms with Gasteiger partial charge in [-0.25, -0.2) is 0 Å². The van der Waals surface area contributed by atoms with Crippen molar-refractivity contribution >= 4 is 5.91 Å². The summed E-state index contributed by atoms with van der Waals surface area (Å²) in [7, 11) is 1.68. The first-order valence-electron chi connectivity index (χ1n) is 5.68. The van der Waals surface area contributed by atoms with Gasteiger partial charge in [0.05, 0.1) is 17.4 Å². The van der Waals surface area contributed by atoms with E-state index in [0.717, 1.165) is 0 Å². The summed E-state index contributed by atoms with van der Waals surface area (Å²) in [6.45, 7) is 1.41. The number of rotatable bonds is 3. The Morgan fingerprint density at radius 2 is 2.24 bits per heavy atom. The van der Waals surface area contributed by atoms with E-state index in [2.05, 4.69) is 0 Å². The number of carbonyl (C=O) groups excluding carboxylic acids is 1. The SMILES string of the molecule is CN(CC1(O)CCOCC1)C(=O)c1ccoc1. The van der Waals surface area contributed by atoms with Crippen LogP contribution in [0.4, 0.5) is 0 Å². The minimum absolute atomic E-state index is 0.140. The third-order valence-electron chi connectivity index (χ3n) is 3.07. The summed E-state index contributed by atoms with van der Waals surface area (Å²) in [4.78, 5) is 13.5. The highest BCUT2D eigenvalue weighted by Crippen LogP contribution is 2.21. The molecule has 0 spiro atoms. The Hall–Kier alpha value is -1.33. The predicted molar refractivity (Wildman–Crippen MR) is 60.7 cm³/mol. The second kappa shape index (κ2) is 4.89. The van der Waals surface area contributed by atoms with Crippen LogP contribution in [0, 0.1) is 0 Å². The minimum Gasteiger partial charge on any atom is -0.472 e. The van der Waals surface area contributed by atoms with Gasteiger partial charge in [-0.2, -0.15) is 0 Å². The van der Waals surface area contributed by atoms with Crippen LogP contribution < -0.4 is 0 Å². The van der Waals surface area contributed by atoms with Gasteiger partial charge in [-0.3, -0.25) is 4.79 Å². The zero-order valence-electron chi connectivity index (χ0n) is 9.89. The Labute approximate surface area is 100.0 Å². The molecule has 1 N–H and O–H groups in total. The molecule has 0 aliphatic carbocycles. The van der Waals surface area contributed by atoms with E-state index >= 15 is 0 Å². The Kier molecular flexibility index (Phi) is 3.49. The quantitative estimate of drug-likeness (QED) is 0.851. The van der Waals surface area contributed by atoms with Gasteiger partial charge in [0.2, 0.25) is 0 Å². The molecule has 0 aromatic carbocycles. The van der Waals surface area contributed by atoms with E-state index in [1.807, 2.05) is 0 Å². The maximum absolute atomic E-state index is 11.9. The molecule has 94 valence electrons. The number of likely N-dealkylation sites (N-methyl/N-ethyl adjacent to an activating group) is 1. The third kappa shape index (κ3) is 2.87. The topological polar surface area (TPSA) is 62.9 Å². The van der Waals surface area contributed by atoms with Crippen molar-refractivity contribution < 1.29 is 19.1 Å². The molecule has 1 saturated heterocycles. The molecular weight excluding hydrogens is 222 g/mol. The Balaban J connectivity index is 1.96. The van der Waals surface area contributed by atoms with Gasteiger partial charge < -0.3 is 19.2 Å². The van der Waals surface area contributed by atoms with Crippen LogP contribution in [0.1, 0.15) is 23.2 Å². The van der Waals surface area contributed by atoms with Gasteiger partial charge in [-0.15, -0.1) is 0 Å². The van der Waals surface area contributed by atoms with Gasteiger partial charge in [-0.1, -0.05) is 0 Å². The van der Waals surface area contributed by atoms with E-state index in [-0.39, 0.29) is 5.91 Å². The number of amides is 1.